The second kappa shape index (κ2) is 6.13. The second-order valence-electron chi connectivity index (χ2n) is 4.10. The Bertz CT molecular complexity index is 492. The molecule has 4 nitrogen and oxygen atoms in total. The SMILES string of the molecule is CCn1ccnc1CC(NN)c1ccc(Br)cc1. The van der Waals surface area contributed by atoms with Gasteiger partial charge >= 0.3 is 0 Å². The van der Waals surface area contributed by atoms with Gasteiger partial charge in [0.15, 0.2) is 0 Å². The number of benzene rings is 1. The highest BCUT2D eigenvalue weighted by atomic mass is 79.9. The predicted molar refractivity (Wildman–Crippen MR) is 75.8 cm³/mol. The number of rotatable bonds is 5. The first kappa shape index (κ1) is 13.3. The highest BCUT2D eigenvalue weighted by Gasteiger charge is 2.13. The van der Waals surface area contributed by atoms with Crippen molar-refractivity contribution in [2.45, 2.75) is 25.9 Å². The molecule has 0 bridgehead atoms. The first-order valence-corrected chi connectivity index (χ1v) is 6.75. The summed E-state index contributed by atoms with van der Waals surface area (Å²) in [5.74, 6) is 6.70. The Morgan fingerprint density at radius 1 is 1.39 bits per heavy atom. The van der Waals surface area contributed by atoms with Crippen LogP contribution in [0.25, 0.3) is 0 Å². The van der Waals surface area contributed by atoms with Gasteiger partial charge in [-0.05, 0) is 24.6 Å². The summed E-state index contributed by atoms with van der Waals surface area (Å²) >= 11 is 3.43. The summed E-state index contributed by atoms with van der Waals surface area (Å²) in [5.41, 5.74) is 4.02. The Labute approximate surface area is 115 Å². The Balaban J connectivity index is 2.17. The van der Waals surface area contributed by atoms with Crippen LogP contribution >= 0.6 is 15.9 Å². The van der Waals surface area contributed by atoms with E-state index in [1.165, 1.54) is 0 Å². The molecule has 2 rings (SSSR count). The van der Waals surface area contributed by atoms with E-state index in [1.807, 2.05) is 24.5 Å². The molecule has 0 aliphatic rings. The Kier molecular flexibility index (Phi) is 4.52. The van der Waals surface area contributed by atoms with Crippen LogP contribution in [0.15, 0.2) is 41.1 Å². The minimum Gasteiger partial charge on any atom is -0.335 e. The van der Waals surface area contributed by atoms with Crippen LogP contribution < -0.4 is 11.3 Å². The molecular weight excluding hydrogens is 292 g/mol. The van der Waals surface area contributed by atoms with Crippen molar-refractivity contribution in [3.63, 3.8) is 0 Å². The topological polar surface area (TPSA) is 55.9 Å². The number of hydrazine groups is 1. The monoisotopic (exact) mass is 308 g/mol. The number of aryl methyl sites for hydroxylation is 1. The zero-order chi connectivity index (χ0) is 13.0. The normalized spacial score (nSPS) is 12.6. The minimum absolute atomic E-state index is 0.0748. The number of hydrogen-bond acceptors (Lipinski definition) is 3. The van der Waals surface area contributed by atoms with Crippen LogP contribution in [0.2, 0.25) is 0 Å². The van der Waals surface area contributed by atoms with Gasteiger partial charge in [0.25, 0.3) is 0 Å². The molecule has 2 aromatic rings. The molecule has 0 saturated carbocycles. The summed E-state index contributed by atoms with van der Waals surface area (Å²) in [6, 6.07) is 8.24. The summed E-state index contributed by atoms with van der Waals surface area (Å²) in [6.07, 6.45) is 4.59. The third kappa shape index (κ3) is 2.98. The molecule has 0 amide bonds. The molecule has 1 aromatic heterocycles. The van der Waals surface area contributed by atoms with Crippen molar-refractivity contribution in [2.75, 3.05) is 0 Å². The average Bonchev–Trinajstić information content (AvgIpc) is 2.84. The molecule has 5 heteroatoms. The number of nitrogens with two attached hydrogens (primary N) is 1. The first-order valence-electron chi connectivity index (χ1n) is 5.96. The number of nitrogens with zero attached hydrogens (tertiary/aromatic N) is 2. The number of aromatic nitrogens is 2. The van der Waals surface area contributed by atoms with Crippen molar-refractivity contribution in [3.05, 3.63) is 52.5 Å². The zero-order valence-electron chi connectivity index (χ0n) is 10.3. The van der Waals surface area contributed by atoms with Gasteiger partial charge in [-0.25, -0.2) is 4.98 Å². The lowest BCUT2D eigenvalue weighted by Crippen LogP contribution is -2.30. The molecule has 96 valence electrons. The average molecular weight is 309 g/mol. The maximum Gasteiger partial charge on any atom is 0.110 e. The molecule has 1 heterocycles. The van der Waals surface area contributed by atoms with Crippen molar-refractivity contribution >= 4 is 15.9 Å². The van der Waals surface area contributed by atoms with Crippen LogP contribution in [0.5, 0.6) is 0 Å². The molecule has 18 heavy (non-hydrogen) atoms. The maximum absolute atomic E-state index is 5.65. The largest absolute Gasteiger partial charge is 0.335 e. The lowest BCUT2D eigenvalue weighted by atomic mass is 10.0. The number of nitrogens with one attached hydrogen (secondary N) is 1. The second-order valence-corrected chi connectivity index (χ2v) is 5.02. The van der Waals surface area contributed by atoms with E-state index >= 15 is 0 Å². The quantitative estimate of drug-likeness (QED) is 0.659. The molecule has 0 saturated heterocycles. The lowest BCUT2D eigenvalue weighted by Gasteiger charge is -2.16. The minimum atomic E-state index is 0.0748. The Morgan fingerprint density at radius 3 is 2.72 bits per heavy atom. The van der Waals surface area contributed by atoms with Gasteiger partial charge in [-0.2, -0.15) is 0 Å². The summed E-state index contributed by atoms with van der Waals surface area (Å²) < 4.78 is 3.19. The summed E-state index contributed by atoms with van der Waals surface area (Å²) in [4.78, 5) is 4.38. The van der Waals surface area contributed by atoms with Crippen molar-refractivity contribution in [3.8, 4) is 0 Å². The van der Waals surface area contributed by atoms with Gasteiger partial charge in [0.05, 0.1) is 6.04 Å². The summed E-state index contributed by atoms with van der Waals surface area (Å²) in [5, 5.41) is 0. The van der Waals surface area contributed by atoms with Gasteiger partial charge in [-0.15, -0.1) is 0 Å². The third-order valence-electron chi connectivity index (χ3n) is 3.00. The van der Waals surface area contributed by atoms with Crippen LogP contribution in [0.3, 0.4) is 0 Å². The van der Waals surface area contributed by atoms with Gasteiger partial charge in [0.2, 0.25) is 0 Å². The Hall–Kier alpha value is -1.17. The fraction of sp³-hybridized carbons (Fsp3) is 0.308. The van der Waals surface area contributed by atoms with Crippen LogP contribution in [0, 0.1) is 0 Å². The van der Waals surface area contributed by atoms with Crippen molar-refractivity contribution < 1.29 is 0 Å². The molecule has 1 atom stereocenters. The van der Waals surface area contributed by atoms with E-state index in [-0.39, 0.29) is 6.04 Å². The maximum atomic E-state index is 5.65. The predicted octanol–water partition coefficient (Wildman–Crippen LogP) is 2.41. The van der Waals surface area contributed by atoms with E-state index in [0.717, 1.165) is 28.8 Å². The third-order valence-corrected chi connectivity index (χ3v) is 3.53. The molecule has 3 N–H and O–H groups in total. The van der Waals surface area contributed by atoms with Crippen LogP contribution in [0.1, 0.15) is 24.4 Å². The highest BCUT2D eigenvalue weighted by Crippen LogP contribution is 2.19. The molecule has 1 unspecified atom stereocenters. The van der Waals surface area contributed by atoms with Gasteiger partial charge < -0.3 is 4.57 Å². The van der Waals surface area contributed by atoms with Crippen molar-refractivity contribution in [1.29, 1.82) is 0 Å². The van der Waals surface area contributed by atoms with Gasteiger partial charge in [0.1, 0.15) is 5.82 Å². The molecule has 0 aliphatic carbocycles. The molecule has 0 fully saturated rings. The van der Waals surface area contributed by atoms with E-state index in [4.69, 9.17) is 5.84 Å². The molecule has 0 radical (unpaired) electrons. The first-order chi connectivity index (χ1) is 8.74. The van der Waals surface area contributed by atoms with E-state index in [0.29, 0.717) is 0 Å². The standard InChI is InChI=1S/C13H17BrN4/c1-2-18-8-7-16-13(18)9-12(17-15)10-3-5-11(14)6-4-10/h3-8,12,17H,2,9,15H2,1H3. The van der Waals surface area contributed by atoms with Crippen LogP contribution in [-0.4, -0.2) is 9.55 Å². The van der Waals surface area contributed by atoms with Crippen LogP contribution in [0.4, 0.5) is 0 Å². The Morgan fingerprint density at radius 2 is 2.11 bits per heavy atom. The zero-order valence-corrected chi connectivity index (χ0v) is 11.9. The molecule has 0 spiro atoms. The lowest BCUT2D eigenvalue weighted by molar-refractivity contribution is 0.523. The number of hydrogen-bond donors (Lipinski definition) is 2. The number of halogens is 1. The molecule has 1 aromatic carbocycles. The van der Waals surface area contributed by atoms with Crippen LogP contribution in [-0.2, 0) is 13.0 Å². The summed E-state index contributed by atoms with van der Waals surface area (Å²) in [7, 11) is 0. The van der Waals surface area contributed by atoms with E-state index in [2.05, 4.69) is 50.0 Å². The van der Waals surface area contributed by atoms with Gasteiger partial charge in [-0.1, -0.05) is 28.1 Å². The summed E-state index contributed by atoms with van der Waals surface area (Å²) in [6.45, 7) is 3.03. The van der Waals surface area contributed by atoms with E-state index in [9.17, 15) is 0 Å². The van der Waals surface area contributed by atoms with Crippen molar-refractivity contribution in [2.24, 2.45) is 5.84 Å². The van der Waals surface area contributed by atoms with Gasteiger partial charge in [0, 0.05) is 29.8 Å². The smallest absolute Gasteiger partial charge is 0.110 e. The molecular formula is C13H17BrN4. The fourth-order valence-electron chi connectivity index (χ4n) is 1.97. The molecule has 0 aliphatic heterocycles. The van der Waals surface area contributed by atoms with Crippen molar-refractivity contribution in [1.82, 2.24) is 15.0 Å². The highest BCUT2D eigenvalue weighted by molar-refractivity contribution is 9.10. The van der Waals surface area contributed by atoms with E-state index < -0.39 is 0 Å². The van der Waals surface area contributed by atoms with Gasteiger partial charge in [-0.3, -0.25) is 11.3 Å². The van der Waals surface area contributed by atoms with E-state index in [1.54, 1.807) is 0 Å². The fourth-order valence-corrected chi connectivity index (χ4v) is 2.23. The number of imidazole rings is 1.